The van der Waals surface area contributed by atoms with Crippen molar-refractivity contribution in [3.8, 4) is 0 Å². The number of fused-ring (bicyclic) bond motifs is 1. The van der Waals surface area contributed by atoms with Crippen molar-refractivity contribution >= 4 is 16.9 Å². The Morgan fingerprint density at radius 1 is 1.03 bits per heavy atom. The Morgan fingerprint density at radius 2 is 1.79 bits per heavy atom. The highest BCUT2D eigenvalue weighted by Crippen LogP contribution is 2.19. The Balaban J connectivity index is 1.63. The van der Waals surface area contributed by atoms with E-state index in [0.717, 1.165) is 22.2 Å². The Labute approximate surface area is 169 Å². The summed E-state index contributed by atoms with van der Waals surface area (Å²) < 4.78 is 16.2. The minimum atomic E-state index is -0.254. The fraction of sp³-hybridized carbons (Fsp3) is 0.167. The van der Waals surface area contributed by atoms with Crippen molar-refractivity contribution in [3.05, 3.63) is 101 Å². The molecule has 4 nitrogen and oxygen atoms in total. The van der Waals surface area contributed by atoms with Gasteiger partial charge < -0.3 is 9.88 Å². The summed E-state index contributed by atoms with van der Waals surface area (Å²) in [5.74, 6) is 0.287. The third-order valence-electron chi connectivity index (χ3n) is 5.05. The van der Waals surface area contributed by atoms with Crippen LogP contribution in [0.5, 0.6) is 0 Å². The number of nitrogens with one attached hydrogen (secondary N) is 1. The van der Waals surface area contributed by atoms with E-state index in [1.54, 1.807) is 12.1 Å². The van der Waals surface area contributed by atoms with Crippen LogP contribution in [0.25, 0.3) is 11.0 Å². The molecular weight excluding hydrogens is 365 g/mol. The van der Waals surface area contributed by atoms with E-state index in [1.165, 1.54) is 6.07 Å². The topological polar surface area (TPSA) is 46.9 Å². The molecule has 0 radical (unpaired) electrons. The highest BCUT2D eigenvalue weighted by atomic mass is 19.1. The number of hydrogen-bond acceptors (Lipinski definition) is 2. The zero-order valence-corrected chi connectivity index (χ0v) is 16.4. The number of halogens is 1. The number of para-hydroxylation sites is 2. The van der Waals surface area contributed by atoms with E-state index in [2.05, 4.69) is 10.3 Å². The maximum atomic E-state index is 14.2. The van der Waals surface area contributed by atoms with Gasteiger partial charge in [-0.3, -0.25) is 4.79 Å². The van der Waals surface area contributed by atoms with Crippen molar-refractivity contribution in [2.24, 2.45) is 0 Å². The molecule has 0 atom stereocenters. The Kier molecular flexibility index (Phi) is 5.12. The van der Waals surface area contributed by atoms with Crippen molar-refractivity contribution in [3.63, 3.8) is 0 Å². The second-order valence-corrected chi connectivity index (χ2v) is 7.20. The molecule has 0 aliphatic carbocycles. The van der Waals surface area contributed by atoms with Crippen LogP contribution in [0.3, 0.4) is 0 Å². The number of benzene rings is 3. The Morgan fingerprint density at radius 3 is 2.59 bits per heavy atom. The van der Waals surface area contributed by atoms with Gasteiger partial charge in [-0.15, -0.1) is 0 Å². The first-order valence-electron chi connectivity index (χ1n) is 9.56. The van der Waals surface area contributed by atoms with Crippen molar-refractivity contribution < 1.29 is 9.18 Å². The van der Waals surface area contributed by atoms with Crippen molar-refractivity contribution in [2.45, 2.75) is 26.9 Å². The molecule has 1 aromatic heterocycles. The number of carbonyl (C=O) groups is 1. The molecule has 0 bridgehead atoms. The van der Waals surface area contributed by atoms with Crippen LogP contribution in [0.1, 0.15) is 32.9 Å². The molecule has 5 heteroatoms. The summed E-state index contributed by atoms with van der Waals surface area (Å²) >= 11 is 0. The van der Waals surface area contributed by atoms with Crippen LogP contribution in [0.4, 0.5) is 4.39 Å². The molecule has 4 aromatic rings. The fourth-order valence-electron chi connectivity index (χ4n) is 3.56. The quantitative estimate of drug-likeness (QED) is 0.536. The lowest BCUT2D eigenvalue weighted by Crippen LogP contribution is -2.25. The predicted octanol–water partition coefficient (Wildman–Crippen LogP) is 4.77. The van der Waals surface area contributed by atoms with Gasteiger partial charge in [0.1, 0.15) is 11.6 Å². The number of rotatable bonds is 5. The number of carbonyl (C=O) groups excluding carboxylic acids is 1. The molecule has 29 heavy (non-hydrogen) atoms. The molecule has 0 saturated carbocycles. The van der Waals surface area contributed by atoms with Crippen molar-refractivity contribution in [1.82, 2.24) is 14.9 Å². The second-order valence-electron chi connectivity index (χ2n) is 7.20. The average Bonchev–Trinajstić information content (AvgIpc) is 3.05. The zero-order valence-electron chi connectivity index (χ0n) is 16.4. The van der Waals surface area contributed by atoms with Crippen molar-refractivity contribution in [1.29, 1.82) is 0 Å². The fourth-order valence-corrected chi connectivity index (χ4v) is 3.56. The van der Waals surface area contributed by atoms with E-state index >= 15 is 0 Å². The lowest BCUT2D eigenvalue weighted by atomic mass is 10.1. The monoisotopic (exact) mass is 387 g/mol. The van der Waals surface area contributed by atoms with E-state index in [1.807, 2.05) is 66.9 Å². The van der Waals surface area contributed by atoms with E-state index < -0.39 is 0 Å². The summed E-state index contributed by atoms with van der Waals surface area (Å²) in [6.07, 6.45) is 0. The molecule has 146 valence electrons. The number of amides is 1. The van der Waals surface area contributed by atoms with E-state index in [-0.39, 0.29) is 18.3 Å². The second kappa shape index (κ2) is 7.87. The first-order valence-corrected chi connectivity index (χ1v) is 9.56. The molecule has 0 aliphatic rings. The first kappa shape index (κ1) is 18.9. The summed E-state index contributed by atoms with van der Waals surface area (Å²) in [5, 5.41) is 2.96. The average molecular weight is 387 g/mol. The van der Waals surface area contributed by atoms with Gasteiger partial charge in [-0.05, 0) is 43.7 Å². The predicted molar refractivity (Wildman–Crippen MR) is 112 cm³/mol. The number of hydrogen-bond donors (Lipinski definition) is 1. The standard InChI is InChI=1S/C24H22FN3O/c1-16-11-12-19(17(2)13-16)24(29)26-14-23-27-21-9-5-6-10-22(21)28(23)15-18-7-3-4-8-20(18)25/h3-13H,14-15H2,1-2H3,(H,26,29). The Hall–Kier alpha value is -3.47. The van der Waals surface area contributed by atoms with Gasteiger partial charge in [-0.1, -0.05) is 48.0 Å². The van der Waals surface area contributed by atoms with Gasteiger partial charge in [0, 0.05) is 11.1 Å². The lowest BCUT2D eigenvalue weighted by molar-refractivity contribution is 0.0949. The van der Waals surface area contributed by atoms with Crippen LogP contribution < -0.4 is 5.32 Å². The van der Waals surface area contributed by atoms with Gasteiger partial charge in [-0.2, -0.15) is 0 Å². The summed E-state index contributed by atoms with van der Waals surface area (Å²) in [6.45, 7) is 4.53. The summed E-state index contributed by atoms with van der Waals surface area (Å²) in [5.41, 5.74) is 5.00. The highest BCUT2D eigenvalue weighted by Gasteiger charge is 2.15. The normalized spacial score (nSPS) is 11.0. The molecule has 1 amide bonds. The lowest BCUT2D eigenvalue weighted by Gasteiger charge is -2.12. The maximum Gasteiger partial charge on any atom is 0.251 e. The zero-order chi connectivity index (χ0) is 20.4. The molecule has 0 aliphatic heterocycles. The largest absolute Gasteiger partial charge is 0.345 e. The molecular formula is C24H22FN3O. The number of aryl methyl sites for hydroxylation is 2. The minimum absolute atomic E-state index is 0.146. The van der Waals surface area contributed by atoms with Crippen LogP contribution in [0, 0.1) is 19.7 Å². The smallest absolute Gasteiger partial charge is 0.251 e. The molecule has 0 spiro atoms. The van der Waals surface area contributed by atoms with Crippen LogP contribution in [0.2, 0.25) is 0 Å². The van der Waals surface area contributed by atoms with Crippen LogP contribution >= 0.6 is 0 Å². The third kappa shape index (κ3) is 3.90. The van der Waals surface area contributed by atoms with Gasteiger partial charge in [0.05, 0.1) is 24.1 Å². The Bertz CT molecular complexity index is 1200. The molecule has 0 unspecified atom stereocenters. The summed E-state index contributed by atoms with van der Waals surface area (Å²) in [7, 11) is 0. The van der Waals surface area contributed by atoms with Gasteiger partial charge in [0.15, 0.2) is 0 Å². The van der Waals surface area contributed by atoms with E-state index in [4.69, 9.17) is 0 Å². The van der Waals surface area contributed by atoms with Gasteiger partial charge in [0.25, 0.3) is 5.91 Å². The van der Waals surface area contributed by atoms with E-state index in [9.17, 15) is 9.18 Å². The molecule has 4 rings (SSSR count). The number of nitrogens with zero attached hydrogens (tertiary/aromatic N) is 2. The molecule has 0 fully saturated rings. The molecule has 1 heterocycles. The van der Waals surface area contributed by atoms with Crippen LogP contribution in [-0.2, 0) is 13.1 Å². The summed E-state index contributed by atoms with van der Waals surface area (Å²) in [6, 6.07) is 20.2. The molecule has 3 aromatic carbocycles. The van der Waals surface area contributed by atoms with Gasteiger partial charge in [0.2, 0.25) is 0 Å². The first-order chi connectivity index (χ1) is 14.0. The minimum Gasteiger partial charge on any atom is -0.345 e. The number of aromatic nitrogens is 2. The van der Waals surface area contributed by atoms with Gasteiger partial charge >= 0.3 is 0 Å². The molecule has 0 saturated heterocycles. The summed E-state index contributed by atoms with van der Waals surface area (Å²) in [4.78, 5) is 17.3. The number of imidazole rings is 1. The van der Waals surface area contributed by atoms with Gasteiger partial charge in [-0.25, -0.2) is 9.37 Å². The molecule has 1 N–H and O–H groups in total. The van der Waals surface area contributed by atoms with E-state index in [0.29, 0.717) is 23.5 Å². The highest BCUT2D eigenvalue weighted by molar-refractivity contribution is 5.95. The SMILES string of the molecule is Cc1ccc(C(=O)NCc2nc3ccccc3n2Cc2ccccc2F)c(C)c1. The van der Waals surface area contributed by atoms with Crippen molar-refractivity contribution in [2.75, 3.05) is 0 Å². The maximum absolute atomic E-state index is 14.2. The van der Waals surface area contributed by atoms with Crippen LogP contribution in [-0.4, -0.2) is 15.5 Å². The van der Waals surface area contributed by atoms with Crippen LogP contribution in [0.15, 0.2) is 66.7 Å². The third-order valence-corrected chi connectivity index (χ3v) is 5.05.